The molecule has 0 aliphatic rings. The minimum atomic E-state index is -1.06. The molecule has 0 aliphatic carbocycles. The second kappa shape index (κ2) is 3.49. The highest BCUT2D eigenvalue weighted by Gasteiger charge is 2.16. The normalized spacial score (nSPS) is 15.6. The Bertz CT molecular complexity index is 128. The highest BCUT2D eigenvalue weighted by Crippen LogP contribution is 2.05. The minimum absolute atomic E-state index is 0.262. The van der Waals surface area contributed by atoms with Crippen molar-refractivity contribution < 1.29 is 10.2 Å². The molecule has 0 heterocycles. The molecule has 0 aromatic carbocycles. The Morgan fingerprint density at radius 2 is 2.22 bits per heavy atom. The van der Waals surface area contributed by atoms with Gasteiger partial charge in [0.25, 0.3) is 0 Å². The molecule has 0 amide bonds. The Morgan fingerprint density at radius 1 is 1.67 bits per heavy atom. The molecule has 0 aliphatic heterocycles. The Kier molecular flexibility index (Phi) is 3.29. The number of aliphatic hydroxyl groups is 2. The van der Waals surface area contributed by atoms with Gasteiger partial charge in [-0.3, -0.25) is 0 Å². The summed E-state index contributed by atoms with van der Waals surface area (Å²) >= 11 is 0. The van der Waals surface area contributed by atoms with Gasteiger partial charge in [0, 0.05) is 13.3 Å². The van der Waals surface area contributed by atoms with Crippen LogP contribution in [0, 0.1) is 18.8 Å². The monoisotopic (exact) mass is 127 g/mol. The summed E-state index contributed by atoms with van der Waals surface area (Å²) < 4.78 is 0. The molecule has 0 aromatic heterocycles. The summed E-state index contributed by atoms with van der Waals surface area (Å²) in [5.74, 6) is 4.96. The van der Waals surface area contributed by atoms with Crippen LogP contribution in [0.5, 0.6) is 0 Å². The summed E-state index contributed by atoms with van der Waals surface area (Å²) in [6.07, 6.45) is 0.271. The Morgan fingerprint density at radius 3 is 2.56 bits per heavy atom. The van der Waals surface area contributed by atoms with Crippen LogP contribution in [0.2, 0.25) is 0 Å². The van der Waals surface area contributed by atoms with Crippen LogP contribution in [0.3, 0.4) is 0 Å². The topological polar surface area (TPSA) is 40.5 Å². The number of hydrogen-bond donors (Lipinski definition) is 2. The summed E-state index contributed by atoms with van der Waals surface area (Å²) in [5.41, 5.74) is -1.06. The first kappa shape index (κ1) is 8.48. The van der Waals surface area contributed by atoms with E-state index in [9.17, 15) is 0 Å². The third kappa shape index (κ3) is 4.01. The second-order valence-corrected chi connectivity index (χ2v) is 2.19. The van der Waals surface area contributed by atoms with Crippen LogP contribution < -0.4 is 0 Å². The van der Waals surface area contributed by atoms with Crippen molar-refractivity contribution in [3.8, 4) is 11.8 Å². The Labute approximate surface area is 55.5 Å². The molecule has 0 aromatic rings. The zero-order valence-electron chi connectivity index (χ0n) is 5.52. The van der Waals surface area contributed by atoms with E-state index in [4.69, 9.17) is 10.2 Å². The third-order valence-electron chi connectivity index (χ3n) is 0.935. The molecule has 9 heavy (non-hydrogen) atoms. The van der Waals surface area contributed by atoms with Crippen molar-refractivity contribution in [1.29, 1.82) is 0 Å². The summed E-state index contributed by atoms with van der Waals surface area (Å²) in [5, 5.41) is 17.6. The van der Waals surface area contributed by atoms with E-state index < -0.39 is 5.60 Å². The molecule has 1 radical (unpaired) electrons. The van der Waals surface area contributed by atoms with Crippen LogP contribution in [0.4, 0.5) is 0 Å². The van der Waals surface area contributed by atoms with Crippen molar-refractivity contribution in [3.05, 3.63) is 6.92 Å². The van der Waals surface area contributed by atoms with E-state index in [0.29, 0.717) is 0 Å². The first-order chi connectivity index (χ1) is 4.12. The molecule has 51 valence electrons. The molecule has 2 heteroatoms. The van der Waals surface area contributed by atoms with Crippen LogP contribution >= 0.6 is 0 Å². The first-order valence-electron chi connectivity index (χ1n) is 2.70. The van der Waals surface area contributed by atoms with Gasteiger partial charge in [0.2, 0.25) is 0 Å². The van der Waals surface area contributed by atoms with E-state index in [-0.39, 0.29) is 13.0 Å². The zero-order chi connectivity index (χ0) is 7.33. The summed E-state index contributed by atoms with van der Waals surface area (Å²) in [7, 11) is 0. The van der Waals surface area contributed by atoms with E-state index in [1.54, 1.807) is 0 Å². The van der Waals surface area contributed by atoms with Gasteiger partial charge in [0.1, 0.15) is 0 Å². The maximum absolute atomic E-state index is 9.07. The zero-order valence-corrected chi connectivity index (χ0v) is 5.52. The van der Waals surface area contributed by atoms with E-state index in [1.165, 1.54) is 6.92 Å². The van der Waals surface area contributed by atoms with E-state index in [0.717, 1.165) is 0 Å². The third-order valence-corrected chi connectivity index (χ3v) is 0.935. The van der Waals surface area contributed by atoms with Crippen LogP contribution in [0.25, 0.3) is 0 Å². The minimum Gasteiger partial charge on any atom is -0.393 e. The van der Waals surface area contributed by atoms with Gasteiger partial charge in [0.05, 0.1) is 12.2 Å². The molecule has 1 atom stereocenters. The molecule has 0 spiro atoms. The van der Waals surface area contributed by atoms with Crippen molar-refractivity contribution in [2.45, 2.75) is 18.9 Å². The summed E-state index contributed by atoms with van der Waals surface area (Å²) in [6, 6.07) is 0. The molecular formula is C7H11O2. The van der Waals surface area contributed by atoms with Gasteiger partial charge < -0.3 is 10.2 Å². The molecule has 0 bridgehead atoms. The van der Waals surface area contributed by atoms with Gasteiger partial charge in [-0.1, -0.05) is 0 Å². The predicted octanol–water partition coefficient (Wildman–Crippen LogP) is -0.0427. The second-order valence-electron chi connectivity index (χ2n) is 2.19. The molecule has 0 fully saturated rings. The lowest BCUT2D eigenvalue weighted by Gasteiger charge is -2.15. The smallest absolute Gasteiger partial charge is 0.0957 e. The van der Waals surface area contributed by atoms with Crippen molar-refractivity contribution in [3.63, 3.8) is 0 Å². The maximum Gasteiger partial charge on any atom is 0.0957 e. The van der Waals surface area contributed by atoms with E-state index >= 15 is 0 Å². The lowest BCUT2D eigenvalue weighted by Crippen LogP contribution is -2.27. The van der Waals surface area contributed by atoms with Crippen LogP contribution in [0.15, 0.2) is 0 Å². The van der Waals surface area contributed by atoms with Crippen LogP contribution in [-0.4, -0.2) is 22.4 Å². The lowest BCUT2D eigenvalue weighted by atomic mass is 10.1. The fraction of sp³-hybridized carbons (Fsp3) is 0.571. The molecule has 0 saturated carbocycles. The quantitative estimate of drug-likeness (QED) is 0.511. The molecule has 0 rings (SSSR count). The summed E-state index contributed by atoms with van der Waals surface area (Å²) in [6.45, 7) is 4.53. The largest absolute Gasteiger partial charge is 0.393 e. The average molecular weight is 127 g/mol. The van der Waals surface area contributed by atoms with Crippen molar-refractivity contribution in [2.75, 3.05) is 6.61 Å². The molecule has 0 saturated heterocycles. The molecule has 2 N–H and O–H groups in total. The number of rotatable bonds is 2. The number of hydrogen-bond acceptors (Lipinski definition) is 2. The van der Waals surface area contributed by atoms with Crippen molar-refractivity contribution >= 4 is 0 Å². The van der Waals surface area contributed by atoms with Gasteiger partial charge in [-0.25, -0.2) is 0 Å². The maximum atomic E-state index is 9.07. The highest BCUT2D eigenvalue weighted by molar-refractivity contribution is 5.04. The lowest BCUT2D eigenvalue weighted by molar-refractivity contribution is 0.00630. The van der Waals surface area contributed by atoms with Gasteiger partial charge in [-0.2, -0.15) is 0 Å². The van der Waals surface area contributed by atoms with Crippen molar-refractivity contribution in [2.24, 2.45) is 0 Å². The first-order valence-corrected chi connectivity index (χ1v) is 2.70. The fourth-order valence-corrected chi connectivity index (χ4v) is 0.309. The average Bonchev–Trinajstić information content (AvgIpc) is 1.84. The van der Waals surface area contributed by atoms with Gasteiger partial charge in [0.15, 0.2) is 0 Å². The fourth-order valence-electron chi connectivity index (χ4n) is 0.309. The summed E-state index contributed by atoms with van der Waals surface area (Å²) in [4.78, 5) is 0. The van der Waals surface area contributed by atoms with Crippen LogP contribution in [-0.2, 0) is 0 Å². The van der Waals surface area contributed by atoms with Crippen LogP contribution in [0.1, 0.15) is 13.3 Å². The van der Waals surface area contributed by atoms with Gasteiger partial charge in [-0.05, 0) is 6.92 Å². The van der Waals surface area contributed by atoms with E-state index in [1.807, 2.05) is 0 Å². The molecular weight excluding hydrogens is 116 g/mol. The van der Waals surface area contributed by atoms with E-state index in [2.05, 4.69) is 18.8 Å². The van der Waals surface area contributed by atoms with Gasteiger partial charge in [-0.15, -0.1) is 11.8 Å². The SMILES string of the molecule is [CH2]C#CCC(C)(O)CO. The van der Waals surface area contributed by atoms with Crippen molar-refractivity contribution in [1.82, 2.24) is 0 Å². The number of aliphatic hydroxyl groups excluding tert-OH is 1. The van der Waals surface area contributed by atoms with Gasteiger partial charge >= 0.3 is 0 Å². The highest BCUT2D eigenvalue weighted by atomic mass is 16.3. The predicted molar refractivity (Wildman–Crippen MR) is 35.5 cm³/mol. The molecule has 2 nitrogen and oxygen atoms in total. The molecule has 1 unspecified atom stereocenters. The Hall–Kier alpha value is -0.520. The standard InChI is InChI=1S/C7H11O2/c1-3-4-5-7(2,9)6-8/h8-9H,1,5-6H2,2H3. The Balaban J connectivity index is 3.67.